The summed E-state index contributed by atoms with van der Waals surface area (Å²) in [6.45, 7) is 0.0913. The molecule has 1 aromatic rings. The van der Waals surface area contributed by atoms with Crippen molar-refractivity contribution >= 4 is 11.9 Å². The number of rotatable bonds is 4. The van der Waals surface area contributed by atoms with Crippen molar-refractivity contribution in [3.8, 4) is 11.5 Å². The van der Waals surface area contributed by atoms with Crippen molar-refractivity contribution < 1.29 is 29.3 Å². The van der Waals surface area contributed by atoms with E-state index in [2.05, 4.69) is 0 Å². The molecule has 0 amide bonds. The standard InChI is InChI=1S/C12H12O6/c13-11(14)8(12(15)16)5-7-6-17-9-3-1-2-4-10(9)18-7/h1-4,7-8H,5-6H2,(H,13,14)(H,15,16)/p-2/t7-/m1/s1. The Kier molecular flexibility index (Phi) is 3.36. The maximum Gasteiger partial charge on any atom is 0.161 e. The first-order chi connectivity index (χ1) is 8.58. The van der Waals surface area contributed by atoms with E-state index in [1.165, 1.54) is 0 Å². The molecule has 1 atom stereocenters. The molecular formula is C12H10O6-2. The number of para-hydroxylation sites is 2. The lowest BCUT2D eigenvalue weighted by atomic mass is 10.0. The van der Waals surface area contributed by atoms with Crippen molar-refractivity contribution in [3.63, 3.8) is 0 Å². The molecule has 0 N–H and O–H groups in total. The van der Waals surface area contributed by atoms with E-state index in [0.717, 1.165) is 0 Å². The lowest BCUT2D eigenvalue weighted by Crippen LogP contribution is -2.46. The van der Waals surface area contributed by atoms with Gasteiger partial charge in [0.25, 0.3) is 0 Å². The van der Waals surface area contributed by atoms with Crippen LogP contribution in [0.2, 0.25) is 0 Å². The second kappa shape index (κ2) is 4.95. The lowest BCUT2D eigenvalue weighted by molar-refractivity contribution is -0.332. The fourth-order valence-corrected chi connectivity index (χ4v) is 1.73. The molecule has 1 heterocycles. The normalized spacial score (nSPS) is 17.5. The molecule has 0 unspecified atom stereocenters. The molecule has 1 aromatic carbocycles. The molecule has 6 nitrogen and oxygen atoms in total. The van der Waals surface area contributed by atoms with Gasteiger partial charge in [-0.05, 0) is 12.1 Å². The molecule has 18 heavy (non-hydrogen) atoms. The van der Waals surface area contributed by atoms with Gasteiger partial charge in [-0.1, -0.05) is 12.1 Å². The number of carboxylic acid groups (broad SMARTS) is 2. The zero-order valence-corrected chi connectivity index (χ0v) is 9.33. The van der Waals surface area contributed by atoms with E-state index < -0.39 is 24.0 Å². The van der Waals surface area contributed by atoms with Gasteiger partial charge < -0.3 is 29.3 Å². The molecule has 2 rings (SSSR count). The predicted molar refractivity (Wildman–Crippen MR) is 54.5 cm³/mol. The van der Waals surface area contributed by atoms with Crippen molar-refractivity contribution in [1.29, 1.82) is 0 Å². The highest BCUT2D eigenvalue weighted by molar-refractivity contribution is 5.90. The molecule has 0 aliphatic carbocycles. The van der Waals surface area contributed by atoms with E-state index >= 15 is 0 Å². The largest absolute Gasteiger partial charge is 0.549 e. The van der Waals surface area contributed by atoms with E-state index in [1.807, 2.05) is 0 Å². The van der Waals surface area contributed by atoms with Crippen LogP contribution in [-0.2, 0) is 9.59 Å². The molecule has 1 aliphatic rings. The average molecular weight is 250 g/mol. The van der Waals surface area contributed by atoms with Crippen molar-refractivity contribution in [3.05, 3.63) is 24.3 Å². The Balaban J connectivity index is 2.05. The molecule has 0 aromatic heterocycles. The second-order valence-corrected chi connectivity index (χ2v) is 3.92. The van der Waals surface area contributed by atoms with Crippen LogP contribution >= 0.6 is 0 Å². The minimum absolute atomic E-state index is 0.0913. The zero-order valence-electron chi connectivity index (χ0n) is 9.33. The first-order valence-corrected chi connectivity index (χ1v) is 5.38. The molecule has 0 saturated carbocycles. The van der Waals surface area contributed by atoms with E-state index in [9.17, 15) is 19.8 Å². The van der Waals surface area contributed by atoms with Gasteiger partial charge in [0.15, 0.2) is 11.5 Å². The number of hydrogen-bond donors (Lipinski definition) is 0. The van der Waals surface area contributed by atoms with Crippen LogP contribution in [0.1, 0.15) is 6.42 Å². The van der Waals surface area contributed by atoms with Crippen LogP contribution in [-0.4, -0.2) is 24.6 Å². The van der Waals surface area contributed by atoms with Crippen LogP contribution in [0.3, 0.4) is 0 Å². The molecule has 96 valence electrons. The molecule has 0 fully saturated rings. The Bertz CT molecular complexity index is 455. The summed E-state index contributed by atoms with van der Waals surface area (Å²) in [5.74, 6) is -4.06. The van der Waals surface area contributed by atoms with Gasteiger partial charge >= 0.3 is 0 Å². The summed E-state index contributed by atoms with van der Waals surface area (Å²) in [5, 5.41) is 21.3. The molecule has 1 aliphatic heterocycles. The Morgan fingerprint density at radius 2 is 1.83 bits per heavy atom. The van der Waals surface area contributed by atoms with Crippen LogP contribution in [0.25, 0.3) is 0 Å². The van der Waals surface area contributed by atoms with Crippen molar-refractivity contribution in [2.24, 2.45) is 5.92 Å². The maximum atomic E-state index is 10.6. The van der Waals surface area contributed by atoms with Crippen LogP contribution < -0.4 is 19.7 Å². The molecule has 6 heteroatoms. The summed E-state index contributed by atoms with van der Waals surface area (Å²) in [6.07, 6.45) is -0.903. The van der Waals surface area contributed by atoms with Gasteiger partial charge in [0.2, 0.25) is 0 Å². The number of aliphatic carboxylic acids is 2. The van der Waals surface area contributed by atoms with Gasteiger partial charge in [-0.25, -0.2) is 0 Å². The summed E-state index contributed by atoms with van der Waals surface area (Å²) in [7, 11) is 0. The van der Waals surface area contributed by atoms with Crippen LogP contribution in [0, 0.1) is 5.92 Å². The highest BCUT2D eigenvalue weighted by atomic mass is 16.6. The van der Waals surface area contributed by atoms with Crippen LogP contribution in [0.4, 0.5) is 0 Å². The maximum absolute atomic E-state index is 10.6. The van der Waals surface area contributed by atoms with E-state index in [0.29, 0.717) is 11.5 Å². The molecule has 0 saturated heterocycles. The first-order valence-electron chi connectivity index (χ1n) is 5.38. The summed E-state index contributed by atoms with van der Waals surface area (Å²) in [4.78, 5) is 21.3. The SMILES string of the molecule is O=C([O-])C(C[C@@H]1COc2ccccc2O1)C(=O)[O-]. The van der Waals surface area contributed by atoms with E-state index in [1.54, 1.807) is 24.3 Å². The number of fused-ring (bicyclic) bond motifs is 1. The van der Waals surface area contributed by atoms with Gasteiger partial charge in [0, 0.05) is 12.3 Å². The summed E-state index contributed by atoms with van der Waals surface area (Å²) >= 11 is 0. The van der Waals surface area contributed by atoms with Crippen molar-refractivity contribution in [2.75, 3.05) is 6.61 Å². The number of ether oxygens (including phenoxy) is 2. The highest BCUT2D eigenvalue weighted by Gasteiger charge is 2.25. The molecule has 0 radical (unpaired) electrons. The number of carbonyl (C=O) groups excluding carboxylic acids is 2. The summed E-state index contributed by atoms with van der Waals surface area (Å²) in [6, 6.07) is 6.88. The highest BCUT2D eigenvalue weighted by Crippen LogP contribution is 2.32. The first kappa shape index (κ1) is 12.2. The Morgan fingerprint density at radius 3 is 2.44 bits per heavy atom. The topological polar surface area (TPSA) is 98.7 Å². The molecular weight excluding hydrogens is 240 g/mol. The zero-order chi connectivity index (χ0) is 13.1. The third kappa shape index (κ3) is 2.53. The smallest absolute Gasteiger partial charge is 0.161 e. The third-order valence-electron chi connectivity index (χ3n) is 2.64. The lowest BCUT2D eigenvalue weighted by Gasteiger charge is -2.29. The number of carboxylic acids is 2. The van der Waals surface area contributed by atoms with Crippen LogP contribution in [0.5, 0.6) is 11.5 Å². The monoisotopic (exact) mass is 250 g/mol. The molecule has 0 spiro atoms. The van der Waals surface area contributed by atoms with Gasteiger partial charge in [-0.3, -0.25) is 0 Å². The number of benzene rings is 1. The van der Waals surface area contributed by atoms with Gasteiger partial charge in [0.1, 0.15) is 12.7 Å². The van der Waals surface area contributed by atoms with Crippen molar-refractivity contribution in [1.82, 2.24) is 0 Å². The minimum atomic E-state index is -1.70. The predicted octanol–water partition coefficient (Wildman–Crippen LogP) is -1.67. The second-order valence-electron chi connectivity index (χ2n) is 3.92. The molecule has 0 bridgehead atoms. The minimum Gasteiger partial charge on any atom is -0.549 e. The Hall–Kier alpha value is -2.24. The number of carbonyl (C=O) groups is 2. The fraction of sp³-hybridized carbons (Fsp3) is 0.333. The third-order valence-corrected chi connectivity index (χ3v) is 2.64. The van der Waals surface area contributed by atoms with E-state index in [-0.39, 0.29) is 13.0 Å². The van der Waals surface area contributed by atoms with Gasteiger partial charge in [-0.15, -0.1) is 0 Å². The average Bonchev–Trinajstić information content (AvgIpc) is 2.35. The Labute approximate surface area is 103 Å². The van der Waals surface area contributed by atoms with Crippen LogP contribution in [0.15, 0.2) is 24.3 Å². The van der Waals surface area contributed by atoms with Gasteiger partial charge in [-0.2, -0.15) is 0 Å². The number of hydrogen-bond acceptors (Lipinski definition) is 6. The fourth-order valence-electron chi connectivity index (χ4n) is 1.73. The van der Waals surface area contributed by atoms with Crippen molar-refractivity contribution in [2.45, 2.75) is 12.5 Å². The Morgan fingerprint density at radius 1 is 1.22 bits per heavy atom. The summed E-state index contributed by atoms with van der Waals surface area (Å²) in [5.41, 5.74) is 0. The van der Waals surface area contributed by atoms with E-state index in [4.69, 9.17) is 9.47 Å². The van der Waals surface area contributed by atoms with Gasteiger partial charge in [0.05, 0.1) is 11.9 Å². The summed E-state index contributed by atoms with van der Waals surface area (Å²) < 4.78 is 10.8. The quantitative estimate of drug-likeness (QED) is 0.593.